The zero-order valence-electron chi connectivity index (χ0n) is 14.5. The number of aliphatic hydroxyl groups excluding tert-OH is 1. The largest absolute Gasteiger partial charge is 0.503 e. The average Bonchev–Trinajstić information content (AvgIpc) is 3.31. The first-order chi connectivity index (χ1) is 13.1. The minimum Gasteiger partial charge on any atom is -0.503 e. The summed E-state index contributed by atoms with van der Waals surface area (Å²) < 4.78 is 0. The number of aryl methyl sites for hydroxylation is 1. The van der Waals surface area contributed by atoms with Crippen LogP contribution >= 0.6 is 11.3 Å². The second kappa shape index (κ2) is 6.81. The predicted octanol–water partition coefficient (Wildman–Crippen LogP) is 4.23. The lowest BCUT2D eigenvalue weighted by molar-refractivity contribution is -0.117. The van der Waals surface area contributed by atoms with Gasteiger partial charge in [-0.3, -0.25) is 19.5 Å². The molecule has 0 spiro atoms. The monoisotopic (exact) mass is 376 g/mol. The van der Waals surface area contributed by atoms with Crippen molar-refractivity contribution >= 4 is 28.7 Å². The van der Waals surface area contributed by atoms with Crippen LogP contribution in [-0.4, -0.2) is 21.8 Å². The van der Waals surface area contributed by atoms with Crippen LogP contribution in [0.3, 0.4) is 0 Å². The fourth-order valence-electron chi connectivity index (χ4n) is 3.17. The summed E-state index contributed by atoms with van der Waals surface area (Å²) in [5, 5.41) is 12.4. The van der Waals surface area contributed by atoms with Gasteiger partial charge in [-0.2, -0.15) is 0 Å². The van der Waals surface area contributed by atoms with Crippen molar-refractivity contribution in [1.29, 1.82) is 0 Å². The number of thiophene rings is 1. The Labute approximate surface area is 160 Å². The fraction of sp³-hybridized carbons (Fsp3) is 0.0952. The zero-order valence-corrected chi connectivity index (χ0v) is 15.3. The molecule has 4 rings (SSSR count). The molecule has 3 aromatic rings. The molecule has 0 bridgehead atoms. The summed E-state index contributed by atoms with van der Waals surface area (Å²) in [7, 11) is 0. The highest BCUT2D eigenvalue weighted by molar-refractivity contribution is 7.12. The molecule has 0 radical (unpaired) electrons. The lowest BCUT2D eigenvalue weighted by atomic mass is 9.98. The van der Waals surface area contributed by atoms with E-state index >= 15 is 0 Å². The van der Waals surface area contributed by atoms with Gasteiger partial charge in [-0.1, -0.05) is 29.8 Å². The van der Waals surface area contributed by atoms with E-state index in [1.54, 1.807) is 54.0 Å². The van der Waals surface area contributed by atoms with Crippen LogP contribution in [0, 0.1) is 6.92 Å². The standard InChI is InChI=1S/C21H16N2O3S/c1-13-7-9-14(10-8-13)23-18(15-5-2-3-11-22-15)17(20(25)21(23)26)19(24)16-6-4-12-27-16/h2-12,18,25H,1H3. The first-order valence-corrected chi connectivity index (χ1v) is 9.28. The summed E-state index contributed by atoms with van der Waals surface area (Å²) >= 11 is 1.27. The maximum Gasteiger partial charge on any atom is 0.294 e. The van der Waals surface area contributed by atoms with E-state index in [1.165, 1.54) is 16.2 Å². The van der Waals surface area contributed by atoms with Crippen molar-refractivity contribution in [3.8, 4) is 0 Å². The van der Waals surface area contributed by atoms with Crippen LogP contribution in [0.15, 0.2) is 77.5 Å². The second-order valence-electron chi connectivity index (χ2n) is 6.24. The lowest BCUT2D eigenvalue weighted by Crippen LogP contribution is -2.31. The van der Waals surface area contributed by atoms with Crippen molar-refractivity contribution in [2.75, 3.05) is 4.90 Å². The number of amides is 1. The Bertz CT molecular complexity index is 1030. The molecule has 1 aliphatic rings. The maximum absolute atomic E-state index is 13.1. The zero-order chi connectivity index (χ0) is 19.0. The number of ketones is 1. The number of carbonyl (C=O) groups is 2. The molecule has 0 fully saturated rings. The Morgan fingerprint density at radius 1 is 1.11 bits per heavy atom. The van der Waals surface area contributed by atoms with E-state index in [4.69, 9.17) is 0 Å². The summed E-state index contributed by atoms with van der Waals surface area (Å²) in [4.78, 5) is 32.2. The van der Waals surface area contributed by atoms with E-state index in [0.29, 0.717) is 16.3 Å². The van der Waals surface area contributed by atoms with Gasteiger partial charge in [0.25, 0.3) is 5.91 Å². The number of nitrogens with zero attached hydrogens (tertiary/aromatic N) is 2. The molecular weight excluding hydrogens is 360 g/mol. The van der Waals surface area contributed by atoms with Crippen LogP contribution in [0.2, 0.25) is 0 Å². The molecule has 0 aliphatic carbocycles. The first-order valence-electron chi connectivity index (χ1n) is 8.40. The fourth-order valence-corrected chi connectivity index (χ4v) is 3.84. The Morgan fingerprint density at radius 2 is 1.89 bits per heavy atom. The highest BCUT2D eigenvalue weighted by atomic mass is 32.1. The van der Waals surface area contributed by atoms with Crippen molar-refractivity contribution < 1.29 is 14.7 Å². The molecule has 1 aromatic carbocycles. The number of rotatable bonds is 4. The molecule has 1 amide bonds. The quantitative estimate of drug-likeness (QED) is 0.692. The maximum atomic E-state index is 13.1. The minimum absolute atomic E-state index is 0.0572. The summed E-state index contributed by atoms with van der Waals surface area (Å²) in [5.41, 5.74) is 2.23. The SMILES string of the molecule is Cc1ccc(N2C(=O)C(O)=C(C(=O)c3cccs3)C2c2ccccn2)cc1. The van der Waals surface area contributed by atoms with Gasteiger partial charge in [-0.05, 0) is 42.6 Å². The number of benzene rings is 1. The van der Waals surface area contributed by atoms with E-state index in [2.05, 4.69) is 4.98 Å². The van der Waals surface area contributed by atoms with E-state index < -0.39 is 17.7 Å². The van der Waals surface area contributed by atoms with Gasteiger partial charge in [0.2, 0.25) is 5.78 Å². The third kappa shape index (κ3) is 2.94. The van der Waals surface area contributed by atoms with Crippen LogP contribution in [-0.2, 0) is 4.79 Å². The van der Waals surface area contributed by atoms with Gasteiger partial charge in [-0.25, -0.2) is 0 Å². The number of anilines is 1. The number of aromatic nitrogens is 1. The van der Waals surface area contributed by atoms with E-state index in [9.17, 15) is 14.7 Å². The van der Waals surface area contributed by atoms with Gasteiger partial charge < -0.3 is 5.11 Å². The van der Waals surface area contributed by atoms with Crippen LogP contribution in [0.1, 0.15) is 27.0 Å². The molecule has 3 heterocycles. The molecule has 2 aromatic heterocycles. The van der Waals surface area contributed by atoms with Crippen molar-refractivity contribution in [3.63, 3.8) is 0 Å². The van der Waals surface area contributed by atoms with Gasteiger partial charge in [-0.15, -0.1) is 11.3 Å². The number of pyridine rings is 1. The number of Topliss-reactive ketones (excluding diaryl/α,β-unsaturated/α-hetero) is 1. The summed E-state index contributed by atoms with van der Waals surface area (Å²) in [6, 6.07) is 15.3. The number of carbonyl (C=O) groups excluding carboxylic acids is 2. The van der Waals surface area contributed by atoms with E-state index in [0.717, 1.165) is 5.56 Å². The Morgan fingerprint density at radius 3 is 2.52 bits per heavy atom. The molecule has 5 nitrogen and oxygen atoms in total. The van der Waals surface area contributed by atoms with Crippen molar-refractivity contribution in [2.24, 2.45) is 0 Å². The lowest BCUT2D eigenvalue weighted by Gasteiger charge is -2.26. The molecule has 1 atom stereocenters. The highest BCUT2D eigenvalue weighted by Gasteiger charge is 2.45. The Kier molecular flexibility index (Phi) is 4.33. The minimum atomic E-state index is -0.781. The van der Waals surface area contributed by atoms with Crippen molar-refractivity contribution in [2.45, 2.75) is 13.0 Å². The van der Waals surface area contributed by atoms with Gasteiger partial charge in [0.1, 0.15) is 6.04 Å². The molecular formula is C21H16N2O3S. The highest BCUT2D eigenvalue weighted by Crippen LogP contribution is 2.41. The summed E-state index contributed by atoms with van der Waals surface area (Å²) in [6.45, 7) is 1.95. The van der Waals surface area contributed by atoms with Gasteiger partial charge in [0, 0.05) is 11.9 Å². The number of aliphatic hydroxyl groups is 1. The van der Waals surface area contributed by atoms with Crippen LogP contribution < -0.4 is 4.90 Å². The smallest absolute Gasteiger partial charge is 0.294 e. The van der Waals surface area contributed by atoms with Crippen LogP contribution in [0.4, 0.5) is 5.69 Å². The first kappa shape index (κ1) is 17.2. The molecule has 0 saturated heterocycles. The molecule has 1 unspecified atom stereocenters. The topological polar surface area (TPSA) is 70.5 Å². The van der Waals surface area contributed by atoms with Crippen molar-refractivity contribution in [1.82, 2.24) is 4.98 Å². The molecule has 6 heteroatoms. The van der Waals surface area contributed by atoms with Gasteiger partial charge in [0.15, 0.2) is 5.76 Å². The normalized spacial score (nSPS) is 16.9. The van der Waals surface area contributed by atoms with Crippen molar-refractivity contribution in [3.05, 3.63) is 93.6 Å². The summed E-state index contributed by atoms with van der Waals surface area (Å²) in [5.74, 6) is -1.49. The molecule has 1 N–H and O–H groups in total. The average molecular weight is 376 g/mol. The van der Waals surface area contributed by atoms with Crippen LogP contribution in [0.5, 0.6) is 0 Å². The number of hydrogen-bond donors (Lipinski definition) is 1. The Balaban J connectivity index is 1.87. The third-order valence-electron chi connectivity index (χ3n) is 4.48. The third-order valence-corrected chi connectivity index (χ3v) is 5.35. The predicted molar refractivity (Wildman–Crippen MR) is 104 cm³/mol. The van der Waals surface area contributed by atoms with E-state index in [1.807, 2.05) is 19.1 Å². The van der Waals surface area contributed by atoms with E-state index in [-0.39, 0.29) is 11.4 Å². The molecule has 1 aliphatic heterocycles. The van der Waals surface area contributed by atoms with Gasteiger partial charge in [0.05, 0.1) is 16.1 Å². The van der Waals surface area contributed by atoms with Crippen LogP contribution in [0.25, 0.3) is 0 Å². The molecule has 134 valence electrons. The Hall–Kier alpha value is -3.25. The summed E-state index contributed by atoms with van der Waals surface area (Å²) in [6.07, 6.45) is 1.61. The second-order valence-corrected chi connectivity index (χ2v) is 7.18. The molecule has 0 saturated carbocycles. The van der Waals surface area contributed by atoms with Gasteiger partial charge >= 0.3 is 0 Å². The number of hydrogen-bond acceptors (Lipinski definition) is 5. The molecule has 27 heavy (non-hydrogen) atoms.